The van der Waals surface area contributed by atoms with Gasteiger partial charge < -0.3 is 10.2 Å². The van der Waals surface area contributed by atoms with E-state index in [4.69, 9.17) is 0 Å². The number of likely N-dealkylation sites (N-methyl/N-ethyl adjacent to an activating group) is 1. The highest BCUT2D eigenvalue weighted by Gasteiger charge is 2.04. The Bertz CT molecular complexity index is 172. The van der Waals surface area contributed by atoms with Crippen LogP contribution in [0.1, 0.15) is 27.2 Å². The minimum atomic E-state index is -0.678. The average molecular weight is 234 g/mol. The van der Waals surface area contributed by atoms with Crippen molar-refractivity contribution in [3.05, 3.63) is 0 Å². The third-order valence-electron chi connectivity index (χ3n) is 2.79. The number of hydrogen-bond acceptors (Lipinski definition) is 3. The Balaban J connectivity index is 3.35. The van der Waals surface area contributed by atoms with Crippen LogP contribution in [0.4, 0.5) is 0 Å². The molecule has 0 heterocycles. The predicted molar refractivity (Wildman–Crippen MR) is 68.8 cm³/mol. The van der Waals surface area contributed by atoms with Gasteiger partial charge in [-0.3, -0.25) is 4.21 Å². The second-order valence-electron chi connectivity index (χ2n) is 3.87. The summed E-state index contributed by atoms with van der Waals surface area (Å²) in [6.07, 6.45) is 2.78. The van der Waals surface area contributed by atoms with Crippen LogP contribution < -0.4 is 5.32 Å². The van der Waals surface area contributed by atoms with E-state index in [1.807, 2.05) is 6.92 Å². The summed E-state index contributed by atoms with van der Waals surface area (Å²) in [4.78, 5) is 2.40. The quantitative estimate of drug-likeness (QED) is 0.606. The normalized spacial score (nSPS) is 15.5. The van der Waals surface area contributed by atoms with Crippen LogP contribution in [-0.4, -0.2) is 53.3 Å². The summed E-state index contributed by atoms with van der Waals surface area (Å²) in [6.45, 7) is 11.8. The molecule has 0 radical (unpaired) electrons. The van der Waals surface area contributed by atoms with Gasteiger partial charge >= 0.3 is 0 Å². The van der Waals surface area contributed by atoms with Crippen molar-refractivity contribution in [2.24, 2.45) is 0 Å². The van der Waals surface area contributed by atoms with Crippen LogP contribution in [0.25, 0.3) is 0 Å². The third kappa shape index (κ3) is 7.94. The predicted octanol–water partition coefficient (Wildman–Crippen LogP) is 1.07. The Kier molecular flexibility index (Phi) is 9.35. The molecule has 0 amide bonds. The molecule has 0 aromatic carbocycles. The van der Waals surface area contributed by atoms with Crippen molar-refractivity contribution in [2.45, 2.75) is 32.4 Å². The van der Waals surface area contributed by atoms with E-state index in [9.17, 15) is 4.21 Å². The molecule has 3 nitrogen and oxygen atoms in total. The molecule has 4 heteroatoms. The molecule has 0 aliphatic carbocycles. The Morgan fingerprint density at radius 3 is 2.33 bits per heavy atom. The molecule has 2 atom stereocenters. The summed E-state index contributed by atoms with van der Waals surface area (Å²) >= 11 is 0. The lowest BCUT2D eigenvalue weighted by molar-refractivity contribution is 0.302. The van der Waals surface area contributed by atoms with Gasteiger partial charge in [0, 0.05) is 35.4 Å². The van der Waals surface area contributed by atoms with Crippen molar-refractivity contribution in [1.82, 2.24) is 10.2 Å². The molecule has 0 aliphatic rings. The third-order valence-corrected chi connectivity index (χ3v) is 4.16. The highest BCUT2D eigenvalue weighted by Crippen LogP contribution is 1.96. The summed E-state index contributed by atoms with van der Waals surface area (Å²) < 4.78 is 11.1. The molecular weight excluding hydrogens is 208 g/mol. The lowest BCUT2D eigenvalue weighted by atomic mass is 10.3. The van der Waals surface area contributed by atoms with Crippen LogP contribution >= 0.6 is 0 Å². The largest absolute Gasteiger partial charge is 0.315 e. The molecule has 1 N–H and O–H groups in total. The minimum Gasteiger partial charge on any atom is -0.315 e. The van der Waals surface area contributed by atoms with Crippen LogP contribution in [0.15, 0.2) is 0 Å². The first kappa shape index (κ1) is 15.1. The summed E-state index contributed by atoms with van der Waals surface area (Å²) in [6, 6.07) is 0. The summed E-state index contributed by atoms with van der Waals surface area (Å²) in [5.41, 5.74) is 0. The van der Waals surface area contributed by atoms with Crippen LogP contribution in [0, 0.1) is 0 Å². The number of rotatable bonds is 9. The van der Waals surface area contributed by atoms with E-state index in [1.54, 1.807) is 6.26 Å². The van der Waals surface area contributed by atoms with Gasteiger partial charge in [-0.25, -0.2) is 0 Å². The maximum Gasteiger partial charge on any atom is 0.0329 e. The molecule has 2 unspecified atom stereocenters. The van der Waals surface area contributed by atoms with E-state index in [1.165, 1.54) is 0 Å². The molecular formula is C11H26N2OS. The van der Waals surface area contributed by atoms with Crippen molar-refractivity contribution in [3.63, 3.8) is 0 Å². The molecule has 0 rings (SSSR count). The Hall–Kier alpha value is 0.0700. The zero-order valence-corrected chi connectivity index (χ0v) is 11.4. The topological polar surface area (TPSA) is 32.3 Å². The van der Waals surface area contributed by atoms with Gasteiger partial charge in [0.25, 0.3) is 0 Å². The molecule has 0 spiro atoms. The van der Waals surface area contributed by atoms with Gasteiger partial charge in [0.15, 0.2) is 0 Å². The molecule has 0 aliphatic heterocycles. The van der Waals surface area contributed by atoms with Gasteiger partial charge in [0.2, 0.25) is 0 Å². The van der Waals surface area contributed by atoms with E-state index in [0.717, 1.165) is 39.1 Å². The second-order valence-corrected chi connectivity index (χ2v) is 5.68. The van der Waals surface area contributed by atoms with Gasteiger partial charge in [-0.2, -0.15) is 0 Å². The fraction of sp³-hybridized carbons (Fsp3) is 1.00. The second kappa shape index (κ2) is 9.31. The van der Waals surface area contributed by atoms with Crippen molar-refractivity contribution >= 4 is 10.8 Å². The highest BCUT2D eigenvalue weighted by atomic mass is 32.2. The molecule has 0 fully saturated rings. The number of hydrogen-bond donors (Lipinski definition) is 1. The Labute approximate surface area is 97.1 Å². The summed E-state index contributed by atoms with van der Waals surface area (Å²) in [5, 5.41) is 3.71. The first-order chi connectivity index (χ1) is 7.11. The van der Waals surface area contributed by atoms with E-state index in [2.05, 4.69) is 24.1 Å². The maximum atomic E-state index is 11.1. The van der Waals surface area contributed by atoms with Crippen molar-refractivity contribution in [3.8, 4) is 0 Å². The lowest BCUT2D eigenvalue weighted by Gasteiger charge is -2.18. The zero-order chi connectivity index (χ0) is 11.7. The van der Waals surface area contributed by atoms with Crippen LogP contribution in [-0.2, 0) is 10.8 Å². The summed E-state index contributed by atoms with van der Waals surface area (Å²) in [7, 11) is -0.678. The average Bonchev–Trinajstić information content (AvgIpc) is 2.23. The fourth-order valence-electron chi connectivity index (χ4n) is 1.37. The smallest absolute Gasteiger partial charge is 0.0329 e. The maximum absolute atomic E-state index is 11.1. The highest BCUT2D eigenvalue weighted by molar-refractivity contribution is 7.84. The van der Waals surface area contributed by atoms with E-state index in [0.29, 0.717) is 5.25 Å². The van der Waals surface area contributed by atoms with Crippen molar-refractivity contribution in [2.75, 3.05) is 39.0 Å². The molecule has 15 heavy (non-hydrogen) atoms. The van der Waals surface area contributed by atoms with Crippen LogP contribution in [0.2, 0.25) is 0 Å². The SMILES string of the molecule is CCN(CC)CCNCCC(C)S(C)=O. The van der Waals surface area contributed by atoms with E-state index in [-0.39, 0.29) is 0 Å². The van der Waals surface area contributed by atoms with Crippen molar-refractivity contribution < 1.29 is 4.21 Å². The Morgan fingerprint density at radius 1 is 1.27 bits per heavy atom. The molecule has 0 saturated heterocycles. The van der Waals surface area contributed by atoms with Gasteiger partial charge in [0.1, 0.15) is 0 Å². The molecule has 92 valence electrons. The Morgan fingerprint density at radius 2 is 1.87 bits per heavy atom. The summed E-state index contributed by atoms with van der Waals surface area (Å²) in [5.74, 6) is 0. The fourth-order valence-corrected chi connectivity index (χ4v) is 1.82. The standard InChI is InChI=1S/C11H26N2OS/c1-5-13(6-2)10-9-12-8-7-11(3)15(4)14/h11-12H,5-10H2,1-4H3. The minimum absolute atomic E-state index is 0.311. The van der Waals surface area contributed by atoms with Gasteiger partial charge in [0.05, 0.1) is 0 Å². The van der Waals surface area contributed by atoms with Crippen LogP contribution in [0.5, 0.6) is 0 Å². The number of nitrogens with zero attached hydrogens (tertiary/aromatic N) is 1. The van der Waals surface area contributed by atoms with E-state index < -0.39 is 10.8 Å². The first-order valence-corrected chi connectivity index (χ1v) is 7.49. The van der Waals surface area contributed by atoms with Crippen LogP contribution in [0.3, 0.4) is 0 Å². The first-order valence-electron chi connectivity index (χ1n) is 5.87. The van der Waals surface area contributed by atoms with E-state index >= 15 is 0 Å². The van der Waals surface area contributed by atoms with Crippen molar-refractivity contribution in [1.29, 1.82) is 0 Å². The zero-order valence-electron chi connectivity index (χ0n) is 10.6. The van der Waals surface area contributed by atoms with Gasteiger partial charge in [-0.1, -0.05) is 20.8 Å². The lowest BCUT2D eigenvalue weighted by Crippen LogP contribution is -2.33. The molecule has 0 bridgehead atoms. The molecule has 0 aromatic rings. The number of nitrogens with one attached hydrogen (secondary N) is 1. The monoisotopic (exact) mass is 234 g/mol. The van der Waals surface area contributed by atoms with Gasteiger partial charge in [-0.05, 0) is 26.1 Å². The van der Waals surface area contributed by atoms with Gasteiger partial charge in [-0.15, -0.1) is 0 Å². The molecule has 0 saturated carbocycles. The molecule has 0 aromatic heterocycles.